The molecule has 0 unspecified atom stereocenters. The number of rotatable bonds is 5. The fraction of sp³-hybridized carbons (Fsp3) is 0.500. The number of hydrogen-bond donors (Lipinski definition) is 2. The average molecular weight is 288 g/mol. The normalized spacial score (nSPS) is 13.1. The third kappa shape index (κ3) is 3.61. The number of anilines is 1. The minimum atomic E-state index is -0.476. The maximum absolute atomic E-state index is 12.1. The van der Waals surface area contributed by atoms with Crippen LogP contribution in [0.5, 0.6) is 0 Å². The SMILES string of the molecule is CC(C)C[C@H](N)C(=O)Nc1ccc2cnn(C(C)C)c2c1. The summed E-state index contributed by atoms with van der Waals surface area (Å²) in [6.07, 6.45) is 2.52. The van der Waals surface area contributed by atoms with Gasteiger partial charge in [-0.05, 0) is 44.4 Å². The lowest BCUT2D eigenvalue weighted by Gasteiger charge is -2.14. The van der Waals surface area contributed by atoms with Gasteiger partial charge in [0.2, 0.25) is 5.91 Å². The van der Waals surface area contributed by atoms with E-state index in [-0.39, 0.29) is 11.9 Å². The van der Waals surface area contributed by atoms with E-state index in [9.17, 15) is 4.79 Å². The Labute approximate surface area is 125 Å². The van der Waals surface area contributed by atoms with E-state index in [0.717, 1.165) is 16.6 Å². The molecule has 1 aromatic carbocycles. The molecule has 0 saturated carbocycles. The molecule has 0 aliphatic heterocycles. The summed E-state index contributed by atoms with van der Waals surface area (Å²) in [5, 5.41) is 8.32. The highest BCUT2D eigenvalue weighted by atomic mass is 16.2. The molecule has 1 atom stereocenters. The van der Waals surface area contributed by atoms with Crippen molar-refractivity contribution in [1.29, 1.82) is 0 Å². The van der Waals surface area contributed by atoms with Gasteiger partial charge in [-0.2, -0.15) is 5.10 Å². The number of hydrogen-bond acceptors (Lipinski definition) is 3. The number of nitrogens with zero attached hydrogens (tertiary/aromatic N) is 2. The molecule has 21 heavy (non-hydrogen) atoms. The molecule has 5 nitrogen and oxygen atoms in total. The van der Waals surface area contributed by atoms with Crippen molar-refractivity contribution < 1.29 is 4.79 Å². The Morgan fingerprint density at radius 3 is 2.67 bits per heavy atom. The second-order valence-corrected chi connectivity index (χ2v) is 6.18. The summed E-state index contributed by atoms with van der Waals surface area (Å²) in [5.41, 5.74) is 7.68. The summed E-state index contributed by atoms with van der Waals surface area (Å²) in [5.74, 6) is 0.259. The van der Waals surface area contributed by atoms with Gasteiger partial charge in [-0.1, -0.05) is 13.8 Å². The van der Waals surface area contributed by atoms with E-state index in [2.05, 4.69) is 38.1 Å². The van der Waals surface area contributed by atoms with Crippen LogP contribution in [0, 0.1) is 5.92 Å². The maximum Gasteiger partial charge on any atom is 0.241 e. The summed E-state index contributed by atoms with van der Waals surface area (Å²) in [6.45, 7) is 8.27. The van der Waals surface area contributed by atoms with Crippen LogP contribution in [0.3, 0.4) is 0 Å². The number of fused-ring (bicyclic) bond motifs is 1. The van der Waals surface area contributed by atoms with Crippen LogP contribution >= 0.6 is 0 Å². The minimum absolute atomic E-state index is 0.140. The number of benzene rings is 1. The second kappa shape index (κ2) is 6.26. The first kappa shape index (κ1) is 15.5. The molecule has 114 valence electrons. The molecule has 1 heterocycles. The fourth-order valence-corrected chi connectivity index (χ4v) is 2.38. The van der Waals surface area contributed by atoms with Gasteiger partial charge >= 0.3 is 0 Å². The van der Waals surface area contributed by atoms with Gasteiger partial charge in [0, 0.05) is 17.1 Å². The van der Waals surface area contributed by atoms with E-state index in [1.54, 1.807) is 0 Å². The monoisotopic (exact) mass is 288 g/mol. The Hall–Kier alpha value is -1.88. The van der Waals surface area contributed by atoms with Crippen LogP contribution in [-0.4, -0.2) is 21.7 Å². The smallest absolute Gasteiger partial charge is 0.241 e. The highest BCUT2D eigenvalue weighted by Crippen LogP contribution is 2.22. The van der Waals surface area contributed by atoms with Gasteiger partial charge in [0.25, 0.3) is 0 Å². The molecule has 0 aliphatic carbocycles. The van der Waals surface area contributed by atoms with E-state index in [4.69, 9.17) is 5.73 Å². The molecule has 1 amide bonds. The number of carbonyl (C=O) groups excluding carboxylic acids is 1. The van der Waals surface area contributed by atoms with Gasteiger partial charge in [-0.25, -0.2) is 0 Å². The molecule has 0 spiro atoms. The van der Waals surface area contributed by atoms with Crippen LogP contribution in [0.2, 0.25) is 0 Å². The molecule has 2 aromatic rings. The third-order valence-corrected chi connectivity index (χ3v) is 3.42. The highest BCUT2D eigenvalue weighted by molar-refractivity contribution is 5.96. The van der Waals surface area contributed by atoms with Crippen molar-refractivity contribution in [2.24, 2.45) is 11.7 Å². The van der Waals surface area contributed by atoms with E-state index >= 15 is 0 Å². The summed E-state index contributed by atoms with van der Waals surface area (Å²) in [6, 6.07) is 5.59. The topological polar surface area (TPSA) is 72.9 Å². The van der Waals surface area contributed by atoms with Crippen molar-refractivity contribution in [3.8, 4) is 0 Å². The van der Waals surface area contributed by atoms with Gasteiger partial charge in [0.1, 0.15) is 0 Å². The molecule has 0 fully saturated rings. The average Bonchev–Trinajstić information content (AvgIpc) is 2.80. The van der Waals surface area contributed by atoms with Crippen molar-refractivity contribution in [3.05, 3.63) is 24.4 Å². The standard InChI is InChI=1S/C16H24N4O/c1-10(2)7-14(17)16(21)19-13-6-5-12-9-18-20(11(3)4)15(12)8-13/h5-6,8-11,14H,7,17H2,1-4H3,(H,19,21)/t14-/m0/s1. The molecular formula is C16H24N4O. The first-order valence-corrected chi connectivity index (χ1v) is 7.42. The zero-order chi connectivity index (χ0) is 15.6. The molecule has 0 aliphatic rings. The van der Waals surface area contributed by atoms with E-state index in [0.29, 0.717) is 12.3 Å². The minimum Gasteiger partial charge on any atom is -0.325 e. The Morgan fingerprint density at radius 1 is 1.33 bits per heavy atom. The lowest BCUT2D eigenvalue weighted by atomic mass is 10.0. The van der Waals surface area contributed by atoms with Gasteiger partial charge in [-0.3, -0.25) is 9.48 Å². The Morgan fingerprint density at radius 2 is 2.05 bits per heavy atom. The number of amides is 1. The Bertz CT molecular complexity index is 630. The molecule has 0 saturated heterocycles. The molecule has 0 radical (unpaired) electrons. The number of nitrogens with one attached hydrogen (secondary N) is 1. The molecule has 2 rings (SSSR count). The van der Waals surface area contributed by atoms with Crippen LogP contribution in [0.4, 0.5) is 5.69 Å². The van der Waals surface area contributed by atoms with Crippen LogP contribution in [0.1, 0.15) is 40.2 Å². The Kier molecular flexibility index (Phi) is 4.63. The summed E-state index contributed by atoms with van der Waals surface area (Å²) in [4.78, 5) is 12.1. The maximum atomic E-state index is 12.1. The van der Waals surface area contributed by atoms with Crippen LogP contribution < -0.4 is 11.1 Å². The number of carbonyl (C=O) groups is 1. The lowest BCUT2D eigenvalue weighted by molar-refractivity contribution is -0.117. The quantitative estimate of drug-likeness (QED) is 0.888. The zero-order valence-electron chi connectivity index (χ0n) is 13.1. The van der Waals surface area contributed by atoms with Crippen molar-refractivity contribution in [2.45, 2.75) is 46.2 Å². The third-order valence-electron chi connectivity index (χ3n) is 3.42. The van der Waals surface area contributed by atoms with Gasteiger partial charge in [0.15, 0.2) is 0 Å². The molecule has 5 heteroatoms. The second-order valence-electron chi connectivity index (χ2n) is 6.18. The summed E-state index contributed by atoms with van der Waals surface area (Å²) in [7, 11) is 0. The lowest BCUT2D eigenvalue weighted by Crippen LogP contribution is -2.36. The van der Waals surface area contributed by atoms with Crippen molar-refractivity contribution in [3.63, 3.8) is 0 Å². The van der Waals surface area contributed by atoms with E-state index in [1.807, 2.05) is 29.1 Å². The molecule has 0 bridgehead atoms. The van der Waals surface area contributed by atoms with E-state index in [1.165, 1.54) is 0 Å². The van der Waals surface area contributed by atoms with Crippen LogP contribution in [-0.2, 0) is 4.79 Å². The Balaban J connectivity index is 2.19. The van der Waals surface area contributed by atoms with Gasteiger partial charge in [0.05, 0.1) is 17.8 Å². The van der Waals surface area contributed by atoms with Crippen molar-refractivity contribution >= 4 is 22.5 Å². The number of aromatic nitrogens is 2. The summed E-state index contributed by atoms with van der Waals surface area (Å²) < 4.78 is 1.94. The number of nitrogens with two attached hydrogens (primary N) is 1. The molecular weight excluding hydrogens is 264 g/mol. The molecule has 3 N–H and O–H groups in total. The van der Waals surface area contributed by atoms with Crippen LogP contribution in [0.15, 0.2) is 24.4 Å². The van der Waals surface area contributed by atoms with Crippen LogP contribution in [0.25, 0.3) is 10.9 Å². The first-order valence-electron chi connectivity index (χ1n) is 7.42. The van der Waals surface area contributed by atoms with Crippen molar-refractivity contribution in [2.75, 3.05) is 5.32 Å². The first-order chi connectivity index (χ1) is 9.88. The van der Waals surface area contributed by atoms with Crippen molar-refractivity contribution in [1.82, 2.24) is 9.78 Å². The van der Waals surface area contributed by atoms with Gasteiger partial charge < -0.3 is 11.1 Å². The summed E-state index contributed by atoms with van der Waals surface area (Å²) >= 11 is 0. The zero-order valence-corrected chi connectivity index (χ0v) is 13.1. The molecule has 1 aromatic heterocycles. The van der Waals surface area contributed by atoms with Gasteiger partial charge in [-0.15, -0.1) is 0 Å². The fourth-order valence-electron chi connectivity index (χ4n) is 2.38. The predicted octanol–water partition coefficient (Wildman–Crippen LogP) is 2.93. The largest absolute Gasteiger partial charge is 0.325 e. The van der Waals surface area contributed by atoms with E-state index < -0.39 is 6.04 Å². The highest BCUT2D eigenvalue weighted by Gasteiger charge is 2.15. The predicted molar refractivity (Wildman–Crippen MR) is 86.2 cm³/mol.